The summed E-state index contributed by atoms with van der Waals surface area (Å²) in [4.78, 5) is 24.2. The summed E-state index contributed by atoms with van der Waals surface area (Å²) in [6.45, 7) is 0.588. The maximum Gasteiger partial charge on any atom is 0.232 e. The fourth-order valence-electron chi connectivity index (χ4n) is 1.90. The zero-order valence-corrected chi connectivity index (χ0v) is 10.2. The second kappa shape index (κ2) is 3.70. The molecule has 0 N–H and O–H groups in total. The number of halogens is 1. The first kappa shape index (κ1) is 10.5. The Kier molecular flexibility index (Phi) is 2.29. The van der Waals surface area contributed by atoms with Crippen molar-refractivity contribution < 1.29 is 19.1 Å². The second-order valence-corrected chi connectivity index (χ2v) is 4.62. The lowest BCUT2D eigenvalue weighted by Gasteiger charge is -2.24. The molecule has 1 aromatic rings. The molecule has 0 unspecified atom stereocenters. The fraction of sp³-hybridized carbons (Fsp3) is 0.167. The van der Waals surface area contributed by atoms with Crippen LogP contribution in [0.25, 0.3) is 0 Å². The van der Waals surface area contributed by atoms with Crippen LogP contribution in [0.5, 0.6) is 0 Å². The Labute approximate surface area is 105 Å². The first-order valence-electron chi connectivity index (χ1n) is 5.07. The van der Waals surface area contributed by atoms with Gasteiger partial charge < -0.3 is 9.47 Å². The summed E-state index contributed by atoms with van der Waals surface area (Å²) in [5.74, 6) is -0.514. The molecule has 5 heteroatoms. The molecule has 1 aliphatic heterocycles. The first-order valence-corrected chi connectivity index (χ1v) is 5.86. The average molecular weight is 295 g/mol. The van der Waals surface area contributed by atoms with Gasteiger partial charge in [0, 0.05) is 15.6 Å². The number of rotatable bonds is 0. The normalized spacial score (nSPS) is 18.2. The third kappa shape index (κ3) is 1.50. The number of benzene rings is 1. The highest BCUT2D eigenvalue weighted by molar-refractivity contribution is 9.10. The van der Waals surface area contributed by atoms with Gasteiger partial charge in [0.05, 0.1) is 0 Å². The van der Waals surface area contributed by atoms with Gasteiger partial charge in [0.25, 0.3) is 0 Å². The van der Waals surface area contributed by atoms with Crippen LogP contribution in [0.4, 0.5) is 0 Å². The molecule has 1 aromatic carbocycles. The summed E-state index contributed by atoms with van der Waals surface area (Å²) < 4.78 is 11.2. The molecule has 4 nitrogen and oxygen atoms in total. The predicted octanol–water partition coefficient (Wildman–Crippen LogP) is 2.09. The van der Waals surface area contributed by atoms with Gasteiger partial charge in [0.2, 0.25) is 23.1 Å². The fourth-order valence-corrected chi connectivity index (χ4v) is 2.26. The van der Waals surface area contributed by atoms with E-state index >= 15 is 0 Å². The van der Waals surface area contributed by atoms with Crippen LogP contribution < -0.4 is 0 Å². The topological polar surface area (TPSA) is 52.6 Å². The molecule has 0 fully saturated rings. The number of hydrogen-bond acceptors (Lipinski definition) is 4. The van der Waals surface area contributed by atoms with Crippen LogP contribution >= 0.6 is 15.9 Å². The van der Waals surface area contributed by atoms with Crippen molar-refractivity contribution in [2.75, 3.05) is 13.2 Å². The monoisotopic (exact) mass is 294 g/mol. The molecule has 2 aliphatic rings. The van der Waals surface area contributed by atoms with Gasteiger partial charge in [0.15, 0.2) is 0 Å². The van der Waals surface area contributed by atoms with Gasteiger partial charge in [0.1, 0.15) is 13.2 Å². The molecule has 0 saturated carbocycles. The smallest absolute Gasteiger partial charge is 0.232 e. The standard InChI is InChI=1S/C12H7BrO4/c13-6-1-2-7-8(5-6)10(15)12-11(9(7)14)16-3-4-17-12/h1-2,5H,3-4H2. The summed E-state index contributed by atoms with van der Waals surface area (Å²) in [6.07, 6.45) is 0. The number of carbonyl (C=O) groups excluding carboxylic acids is 2. The lowest BCUT2D eigenvalue weighted by Crippen LogP contribution is -2.29. The summed E-state index contributed by atoms with van der Waals surface area (Å²) >= 11 is 3.27. The number of fused-ring (bicyclic) bond motifs is 1. The summed E-state index contributed by atoms with van der Waals surface area (Å²) in [7, 11) is 0. The van der Waals surface area contributed by atoms with Gasteiger partial charge in [-0.25, -0.2) is 0 Å². The number of hydrogen-bond donors (Lipinski definition) is 0. The van der Waals surface area contributed by atoms with Crippen molar-refractivity contribution in [2.24, 2.45) is 0 Å². The number of carbonyl (C=O) groups is 2. The highest BCUT2D eigenvalue weighted by atomic mass is 79.9. The second-order valence-electron chi connectivity index (χ2n) is 3.70. The van der Waals surface area contributed by atoms with E-state index in [4.69, 9.17) is 9.47 Å². The molecule has 0 saturated heterocycles. The van der Waals surface area contributed by atoms with Gasteiger partial charge in [-0.15, -0.1) is 0 Å². The highest BCUT2D eigenvalue weighted by Crippen LogP contribution is 2.31. The van der Waals surface area contributed by atoms with E-state index in [0.29, 0.717) is 24.3 Å². The molecule has 86 valence electrons. The number of Topliss-reactive ketones (excluding diaryl/α,β-unsaturated/α-hetero) is 2. The van der Waals surface area contributed by atoms with Crippen LogP contribution in [0, 0.1) is 0 Å². The zero-order chi connectivity index (χ0) is 12.0. The molecular weight excluding hydrogens is 288 g/mol. The lowest BCUT2D eigenvalue weighted by atomic mass is 9.92. The Balaban J connectivity index is 2.22. The van der Waals surface area contributed by atoms with E-state index in [9.17, 15) is 9.59 Å². The van der Waals surface area contributed by atoms with Crippen LogP contribution in [0.3, 0.4) is 0 Å². The third-order valence-electron chi connectivity index (χ3n) is 2.67. The van der Waals surface area contributed by atoms with Crippen molar-refractivity contribution in [3.63, 3.8) is 0 Å². The van der Waals surface area contributed by atoms with Crippen molar-refractivity contribution in [1.82, 2.24) is 0 Å². The van der Waals surface area contributed by atoms with Crippen molar-refractivity contribution in [3.05, 3.63) is 45.3 Å². The van der Waals surface area contributed by atoms with Crippen LogP contribution in [0.1, 0.15) is 20.7 Å². The maximum atomic E-state index is 12.1. The molecule has 1 aliphatic carbocycles. The van der Waals surface area contributed by atoms with E-state index in [-0.39, 0.29) is 23.1 Å². The van der Waals surface area contributed by atoms with Gasteiger partial charge >= 0.3 is 0 Å². The van der Waals surface area contributed by atoms with Gasteiger partial charge in [-0.1, -0.05) is 15.9 Å². The minimum atomic E-state index is -0.296. The van der Waals surface area contributed by atoms with E-state index in [1.54, 1.807) is 18.2 Å². The Hall–Kier alpha value is -1.62. The van der Waals surface area contributed by atoms with Gasteiger partial charge in [-0.05, 0) is 18.2 Å². The van der Waals surface area contributed by atoms with Crippen LogP contribution in [-0.2, 0) is 9.47 Å². The SMILES string of the molecule is O=C1C2=C(OCCO2)C(=O)c2cc(Br)ccc21. The van der Waals surface area contributed by atoms with Crippen LogP contribution in [-0.4, -0.2) is 24.8 Å². The molecule has 0 atom stereocenters. The molecule has 3 rings (SSSR count). The van der Waals surface area contributed by atoms with E-state index in [1.165, 1.54) is 0 Å². The minimum Gasteiger partial charge on any atom is -0.483 e. The Morgan fingerprint density at radius 3 is 2.18 bits per heavy atom. The first-order chi connectivity index (χ1) is 8.18. The molecule has 0 spiro atoms. The van der Waals surface area contributed by atoms with Crippen molar-refractivity contribution in [1.29, 1.82) is 0 Å². The molecule has 0 bridgehead atoms. The largest absolute Gasteiger partial charge is 0.483 e. The van der Waals surface area contributed by atoms with Crippen LogP contribution in [0.15, 0.2) is 34.2 Å². The Bertz CT molecular complexity index is 574. The van der Waals surface area contributed by atoms with Crippen molar-refractivity contribution in [3.8, 4) is 0 Å². The van der Waals surface area contributed by atoms with E-state index in [1.807, 2.05) is 0 Å². The molecule has 0 aromatic heterocycles. The summed E-state index contributed by atoms with van der Waals surface area (Å²) in [6, 6.07) is 4.96. The van der Waals surface area contributed by atoms with Crippen LogP contribution in [0.2, 0.25) is 0 Å². The van der Waals surface area contributed by atoms with Gasteiger partial charge in [-0.2, -0.15) is 0 Å². The van der Waals surface area contributed by atoms with Gasteiger partial charge in [-0.3, -0.25) is 9.59 Å². The maximum absolute atomic E-state index is 12.1. The average Bonchev–Trinajstić information content (AvgIpc) is 2.36. The zero-order valence-electron chi connectivity index (χ0n) is 8.66. The summed E-state index contributed by atoms with van der Waals surface area (Å²) in [5, 5.41) is 0. The molecule has 1 heterocycles. The Morgan fingerprint density at radius 2 is 1.53 bits per heavy atom. The quantitative estimate of drug-likeness (QED) is 0.735. The third-order valence-corrected chi connectivity index (χ3v) is 3.16. The number of ketones is 2. The molecule has 0 radical (unpaired) electrons. The Morgan fingerprint density at radius 1 is 0.941 bits per heavy atom. The van der Waals surface area contributed by atoms with E-state index in [0.717, 1.165) is 4.47 Å². The summed E-state index contributed by atoms with van der Waals surface area (Å²) in [5.41, 5.74) is 0.719. The molecule has 17 heavy (non-hydrogen) atoms. The molecular formula is C12H7BrO4. The lowest BCUT2D eigenvalue weighted by molar-refractivity contribution is 0.0436. The molecule has 0 amide bonds. The number of allylic oxidation sites excluding steroid dienone is 2. The minimum absolute atomic E-state index is 0.0341. The van der Waals surface area contributed by atoms with Crippen molar-refractivity contribution >= 4 is 27.5 Å². The predicted molar refractivity (Wildman–Crippen MR) is 61.7 cm³/mol. The number of ether oxygens (including phenoxy) is 2. The van der Waals surface area contributed by atoms with E-state index < -0.39 is 0 Å². The highest BCUT2D eigenvalue weighted by Gasteiger charge is 2.36. The van der Waals surface area contributed by atoms with E-state index in [2.05, 4.69) is 15.9 Å². The van der Waals surface area contributed by atoms with Crippen molar-refractivity contribution in [2.45, 2.75) is 0 Å².